The average Bonchev–Trinajstić information content (AvgIpc) is 3.31. The molecule has 2 aliphatic heterocycles. The Hall–Kier alpha value is -2.12. The van der Waals surface area contributed by atoms with Crippen molar-refractivity contribution in [3.05, 3.63) is 29.8 Å². The van der Waals surface area contributed by atoms with E-state index in [1.807, 2.05) is 24.3 Å². The first-order chi connectivity index (χ1) is 12.7. The lowest BCUT2D eigenvalue weighted by atomic mass is 9.97. The largest absolute Gasteiger partial charge is 0.497 e. The molecule has 142 valence electrons. The minimum atomic E-state index is -0.462. The second-order valence-corrected chi connectivity index (χ2v) is 6.98. The van der Waals surface area contributed by atoms with E-state index in [4.69, 9.17) is 9.47 Å². The molecule has 4 atom stereocenters. The zero-order chi connectivity index (χ0) is 18.4. The molecule has 0 spiro atoms. The van der Waals surface area contributed by atoms with Gasteiger partial charge in [0.05, 0.1) is 13.0 Å². The molecule has 1 amide bonds. The molecule has 26 heavy (non-hydrogen) atoms. The van der Waals surface area contributed by atoms with E-state index in [1.165, 1.54) is 0 Å². The average molecular weight is 361 g/mol. The summed E-state index contributed by atoms with van der Waals surface area (Å²) in [5, 5.41) is 9.41. The van der Waals surface area contributed by atoms with E-state index in [0.717, 1.165) is 37.1 Å². The first-order valence-electron chi connectivity index (χ1n) is 9.16. The van der Waals surface area contributed by atoms with Gasteiger partial charge in [-0.2, -0.15) is 0 Å². The van der Waals surface area contributed by atoms with Crippen molar-refractivity contribution in [2.24, 2.45) is 11.8 Å². The van der Waals surface area contributed by atoms with Gasteiger partial charge in [-0.05, 0) is 49.5 Å². The maximum absolute atomic E-state index is 12.2. The summed E-state index contributed by atoms with van der Waals surface area (Å²) in [5.41, 5.74) is 1.10. The van der Waals surface area contributed by atoms with E-state index in [9.17, 15) is 9.59 Å². The second kappa shape index (κ2) is 9.00. The SMILES string of the molecule is COc1ccc(C[C@H]2NCC(C=O)[C@H]2OC(=O)NC[C@@H]2CCNC2)cc1. The summed E-state index contributed by atoms with van der Waals surface area (Å²) < 4.78 is 10.8. The monoisotopic (exact) mass is 361 g/mol. The molecule has 0 aromatic heterocycles. The van der Waals surface area contributed by atoms with Gasteiger partial charge >= 0.3 is 6.09 Å². The quantitative estimate of drug-likeness (QED) is 0.621. The fraction of sp³-hybridized carbons (Fsp3) is 0.579. The number of carbonyl (C=O) groups excluding carboxylic acids is 2. The summed E-state index contributed by atoms with van der Waals surface area (Å²) in [4.78, 5) is 23.6. The molecule has 7 heteroatoms. The molecule has 3 rings (SSSR count). The van der Waals surface area contributed by atoms with Crippen LogP contribution in [0.15, 0.2) is 24.3 Å². The molecule has 0 saturated carbocycles. The second-order valence-electron chi connectivity index (χ2n) is 6.98. The van der Waals surface area contributed by atoms with Crippen molar-refractivity contribution in [2.45, 2.75) is 25.0 Å². The number of carbonyl (C=O) groups is 2. The Morgan fingerprint density at radius 3 is 2.77 bits per heavy atom. The van der Waals surface area contributed by atoms with Crippen LogP contribution in [-0.2, 0) is 16.0 Å². The van der Waals surface area contributed by atoms with Gasteiger partial charge in [-0.3, -0.25) is 0 Å². The topological polar surface area (TPSA) is 88.7 Å². The van der Waals surface area contributed by atoms with E-state index < -0.39 is 12.2 Å². The minimum absolute atomic E-state index is 0.0857. The number of benzene rings is 1. The molecule has 1 aromatic rings. The summed E-state index contributed by atoms with van der Waals surface area (Å²) in [6, 6.07) is 7.69. The predicted molar refractivity (Wildman–Crippen MR) is 97.3 cm³/mol. The summed E-state index contributed by atoms with van der Waals surface area (Å²) in [6.07, 6.45) is 1.70. The van der Waals surface area contributed by atoms with Crippen LogP contribution < -0.4 is 20.7 Å². The van der Waals surface area contributed by atoms with Crippen LogP contribution in [0.3, 0.4) is 0 Å². The summed E-state index contributed by atoms with van der Waals surface area (Å²) >= 11 is 0. The Kier molecular flexibility index (Phi) is 6.46. The fourth-order valence-electron chi connectivity index (χ4n) is 3.60. The molecule has 2 saturated heterocycles. The highest BCUT2D eigenvalue weighted by Gasteiger charge is 2.38. The lowest BCUT2D eigenvalue weighted by molar-refractivity contribution is -0.113. The van der Waals surface area contributed by atoms with E-state index in [1.54, 1.807) is 7.11 Å². The van der Waals surface area contributed by atoms with Crippen LogP contribution >= 0.6 is 0 Å². The van der Waals surface area contributed by atoms with Gasteiger partial charge < -0.3 is 30.2 Å². The Bertz CT molecular complexity index is 601. The number of rotatable bonds is 7. The smallest absolute Gasteiger partial charge is 0.407 e. The number of hydrogen-bond acceptors (Lipinski definition) is 6. The third-order valence-electron chi connectivity index (χ3n) is 5.16. The van der Waals surface area contributed by atoms with Crippen molar-refractivity contribution >= 4 is 12.4 Å². The Balaban J connectivity index is 1.55. The van der Waals surface area contributed by atoms with E-state index >= 15 is 0 Å². The van der Waals surface area contributed by atoms with Crippen molar-refractivity contribution in [1.29, 1.82) is 0 Å². The molecular formula is C19H27N3O4. The van der Waals surface area contributed by atoms with Gasteiger partial charge in [0.25, 0.3) is 0 Å². The lowest BCUT2D eigenvalue weighted by Crippen LogP contribution is -2.41. The van der Waals surface area contributed by atoms with Gasteiger partial charge in [-0.1, -0.05) is 12.1 Å². The standard InChI is InChI=1S/C19H27N3O4/c1-25-16-4-2-13(3-5-16)8-17-18(15(12-23)11-21-17)26-19(24)22-10-14-6-7-20-9-14/h2-5,12,14-15,17-18,20-21H,6-11H2,1H3,(H,22,24)/t14-,15?,17-,18-/m1/s1. The highest BCUT2D eigenvalue weighted by molar-refractivity contribution is 5.68. The maximum Gasteiger partial charge on any atom is 0.407 e. The van der Waals surface area contributed by atoms with Crippen molar-refractivity contribution in [3.8, 4) is 5.75 Å². The highest BCUT2D eigenvalue weighted by Crippen LogP contribution is 2.22. The molecule has 2 fully saturated rings. The molecule has 3 N–H and O–H groups in total. The van der Waals surface area contributed by atoms with Crippen molar-refractivity contribution in [3.63, 3.8) is 0 Å². The van der Waals surface area contributed by atoms with Crippen LogP contribution in [0.4, 0.5) is 4.79 Å². The molecule has 2 aliphatic rings. The lowest BCUT2D eigenvalue weighted by Gasteiger charge is -2.23. The van der Waals surface area contributed by atoms with E-state index in [2.05, 4.69) is 16.0 Å². The Labute approximate surface area is 153 Å². The molecule has 1 unspecified atom stereocenters. The molecule has 2 heterocycles. The molecular weight excluding hydrogens is 334 g/mol. The summed E-state index contributed by atoms with van der Waals surface area (Å²) in [7, 11) is 1.63. The normalized spacial score (nSPS) is 27.9. The van der Waals surface area contributed by atoms with Crippen molar-refractivity contribution < 1.29 is 19.1 Å². The first kappa shape index (κ1) is 18.7. The number of amides is 1. The third-order valence-corrected chi connectivity index (χ3v) is 5.16. The number of nitrogens with one attached hydrogen (secondary N) is 3. The fourth-order valence-corrected chi connectivity index (χ4v) is 3.60. The van der Waals surface area contributed by atoms with Crippen LogP contribution in [-0.4, -0.2) is 57.8 Å². The third kappa shape index (κ3) is 4.74. The van der Waals surface area contributed by atoms with Crippen molar-refractivity contribution in [2.75, 3.05) is 33.3 Å². The Morgan fingerprint density at radius 1 is 1.31 bits per heavy atom. The molecule has 0 aliphatic carbocycles. The maximum atomic E-state index is 12.2. The molecule has 7 nitrogen and oxygen atoms in total. The zero-order valence-corrected chi connectivity index (χ0v) is 15.1. The van der Waals surface area contributed by atoms with Crippen LogP contribution in [0.25, 0.3) is 0 Å². The summed E-state index contributed by atoms with van der Waals surface area (Å²) in [5.74, 6) is 0.922. The molecule has 1 aromatic carbocycles. The number of methoxy groups -OCH3 is 1. The zero-order valence-electron chi connectivity index (χ0n) is 15.1. The summed E-state index contributed by atoms with van der Waals surface area (Å²) in [6.45, 7) is 3.03. The van der Waals surface area contributed by atoms with Crippen LogP contribution in [0.1, 0.15) is 12.0 Å². The van der Waals surface area contributed by atoms with Gasteiger partial charge in [0.15, 0.2) is 0 Å². The minimum Gasteiger partial charge on any atom is -0.497 e. The van der Waals surface area contributed by atoms with E-state index in [-0.39, 0.29) is 12.0 Å². The number of aldehydes is 1. The number of hydrogen-bond donors (Lipinski definition) is 3. The molecule has 0 bridgehead atoms. The van der Waals surface area contributed by atoms with Crippen LogP contribution in [0.2, 0.25) is 0 Å². The van der Waals surface area contributed by atoms with Gasteiger partial charge in [0.2, 0.25) is 0 Å². The number of alkyl carbamates (subject to hydrolysis) is 1. The predicted octanol–water partition coefficient (Wildman–Crippen LogP) is 0.729. The van der Waals surface area contributed by atoms with Gasteiger partial charge in [-0.15, -0.1) is 0 Å². The van der Waals surface area contributed by atoms with Gasteiger partial charge in [0.1, 0.15) is 18.1 Å². The van der Waals surface area contributed by atoms with Gasteiger partial charge in [-0.25, -0.2) is 4.79 Å². The first-order valence-corrected chi connectivity index (χ1v) is 9.16. The molecule has 0 radical (unpaired) electrons. The van der Waals surface area contributed by atoms with Crippen LogP contribution in [0, 0.1) is 11.8 Å². The van der Waals surface area contributed by atoms with Crippen LogP contribution in [0.5, 0.6) is 5.75 Å². The van der Waals surface area contributed by atoms with E-state index in [0.29, 0.717) is 25.4 Å². The van der Waals surface area contributed by atoms with Crippen molar-refractivity contribution in [1.82, 2.24) is 16.0 Å². The highest BCUT2D eigenvalue weighted by atomic mass is 16.6. The van der Waals surface area contributed by atoms with Gasteiger partial charge in [0, 0.05) is 19.1 Å². The number of ether oxygens (including phenoxy) is 2. The Morgan fingerprint density at radius 2 is 2.12 bits per heavy atom.